The molecule has 2 aromatic rings. The van der Waals surface area contributed by atoms with Crippen molar-refractivity contribution in [2.45, 2.75) is 6.04 Å². The van der Waals surface area contributed by atoms with Gasteiger partial charge in [-0.05, 0) is 12.1 Å². The van der Waals surface area contributed by atoms with Crippen LogP contribution >= 0.6 is 0 Å². The summed E-state index contributed by atoms with van der Waals surface area (Å²) in [7, 11) is 0. The van der Waals surface area contributed by atoms with Gasteiger partial charge in [-0.3, -0.25) is 4.79 Å². The van der Waals surface area contributed by atoms with Crippen molar-refractivity contribution in [1.82, 2.24) is 9.97 Å². The van der Waals surface area contributed by atoms with Crippen LogP contribution in [0.1, 0.15) is 11.6 Å². The highest BCUT2D eigenvalue weighted by atomic mass is 16.5. The van der Waals surface area contributed by atoms with Crippen LogP contribution < -0.4 is 5.32 Å². The molecule has 0 bridgehead atoms. The van der Waals surface area contributed by atoms with E-state index in [0.717, 1.165) is 11.3 Å². The SMILES string of the molecule is O=COCC(Nc1ccccc1)c1cncnc1. The predicted molar refractivity (Wildman–Crippen MR) is 66.9 cm³/mol. The van der Waals surface area contributed by atoms with Crippen molar-refractivity contribution >= 4 is 12.2 Å². The molecule has 0 aliphatic carbocycles. The lowest BCUT2D eigenvalue weighted by atomic mass is 10.1. The van der Waals surface area contributed by atoms with Crippen molar-refractivity contribution in [1.29, 1.82) is 0 Å². The Morgan fingerprint density at radius 3 is 2.61 bits per heavy atom. The third kappa shape index (κ3) is 3.28. The van der Waals surface area contributed by atoms with E-state index in [1.165, 1.54) is 6.33 Å². The van der Waals surface area contributed by atoms with Gasteiger partial charge >= 0.3 is 0 Å². The van der Waals surface area contributed by atoms with Crippen molar-refractivity contribution in [3.05, 3.63) is 54.6 Å². The van der Waals surface area contributed by atoms with Crippen LogP contribution in [0.25, 0.3) is 0 Å². The van der Waals surface area contributed by atoms with Gasteiger partial charge in [-0.2, -0.15) is 0 Å². The third-order valence-corrected chi connectivity index (χ3v) is 2.43. The minimum atomic E-state index is -0.168. The molecule has 0 saturated carbocycles. The van der Waals surface area contributed by atoms with Crippen LogP contribution in [0.5, 0.6) is 0 Å². The number of carbonyl (C=O) groups is 1. The fourth-order valence-electron chi connectivity index (χ4n) is 1.58. The molecule has 0 aliphatic heterocycles. The number of hydrogen-bond donors (Lipinski definition) is 1. The first-order valence-electron chi connectivity index (χ1n) is 5.52. The number of aromatic nitrogens is 2. The summed E-state index contributed by atoms with van der Waals surface area (Å²) in [5.41, 5.74) is 1.81. The summed E-state index contributed by atoms with van der Waals surface area (Å²) >= 11 is 0. The van der Waals surface area contributed by atoms with Gasteiger partial charge in [-0.1, -0.05) is 18.2 Å². The molecule has 5 heteroatoms. The zero-order valence-electron chi connectivity index (χ0n) is 9.69. The zero-order chi connectivity index (χ0) is 12.6. The fourth-order valence-corrected chi connectivity index (χ4v) is 1.58. The quantitative estimate of drug-likeness (QED) is 0.784. The number of hydrogen-bond acceptors (Lipinski definition) is 5. The summed E-state index contributed by atoms with van der Waals surface area (Å²) in [5, 5.41) is 3.27. The summed E-state index contributed by atoms with van der Waals surface area (Å²) in [6, 6.07) is 9.52. The fraction of sp³-hybridized carbons (Fsp3) is 0.154. The maximum absolute atomic E-state index is 10.3. The Morgan fingerprint density at radius 1 is 1.22 bits per heavy atom. The van der Waals surface area contributed by atoms with E-state index in [4.69, 9.17) is 4.74 Å². The van der Waals surface area contributed by atoms with Crippen molar-refractivity contribution < 1.29 is 9.53 Å². The molecule has 1 N–H and O–H groups in total. The van der Waals surface area contributed by atoms with Crippen molar-refractivity contribution in [3.8, 4) is 0 Å². The average molecular weight is 243 g/mol. The lowest BCUT2D eigenvalue weighted by Crippen LogP contribution is -2.17. The van der Waals surface area contributed by atoms with Gasteiger partial charge in [0.05, 0.1) is 6.04 Å². The van der Waals surface area contributed by atoms with E-state index < -0.39 is 0 Å². The second-order valence-electron chi connectivity index (χ2n) is 3.66. The molecule has 0 spiro atoms. The van der Waals surface area contributed by atoms with Crippen molar-refractivity contribution in [2.24, 2.45) is 0 Å². The molecule has 0 fully saturated rings. The van der Waals surface area contributed by atoms with E-state index in [2.05, 4.69) is 15.3 Å². The second-order valence-corrected chi connectivity index (χ2v) is 3.66. The molecule has 1 heterocycles. The minimum absolute atomic E-state index is 0.168. The minimum Gasteiger partial charge on any atom is -0.465 e. The Labute approximate surface area is 105 Å². The van der Waals surface area contributed by atoms with Crippen molar-refractivity contribution in [2.75, 3.05) is 11.9 Å². The zero-order valence-corrected chi connectivity index (χ0v) is 9.69. The smallest absolute Gasteiger partial charge is 0.293 e. The summed E-state index contributed by atoms with van der Waals surface area (Å²) in [5.74, 6) is 0. The van der Waals surface area contributed by atoms with Gasteiger partial charge in [-0.25, -0.2) is 9.97 Å². The summed E-state index contributed by atoms with van der Waals surface area (Å²) in [6.07, 6.45) is 4.85. The number of anilines is 1. The molecule has 0 amide bonds. The van der Waals surface area contributed by atoms with Crippen LogP contribution in [0.2, 0.25) is 0 Å². The molecule has 0 aliphatic rings. The number of carbonyl (C=O) groups excluding carboxylic acids is 1. The molecule has 0 saturated heterocycles. The van der Waals surface area contributed by atoms with Gasteiger partial charge in [-0.15, -0.1) is 0 Å². The van der Waals surface area contributed by atoms with E-state index in [1.807, 2.05) is 30.3 Å². The van der Waals surface area contributed by atoms with Crippen LogP contribution in [-0.2, 0) is 9.53 Å². The van der Waals surface area contributed by atoms with Gasteiger partial charge in [0.1, 0.15) is 12.9 Å². The molecule has 5 nitrogen and oxygen atoms in total. The van der Waals surface area contributed by atoms with Crippen molar-refractivity contribution in [3.63, 3.8) is 0 Å². The average Bonchev–Trinajstić information content (AvgIpc) is 2.45. The summed E-state index contributed by atoms with van der Waals surface area (Å²) in [6.45, 7) is 0.662. The predicted octanol–water partition coefficient (Wildman–Crippen LogP) is 1.80. The molecular formula is C13H13N3O2. The Morgan fingerprint density at radius 2 is 1.94 bits per heavy atom. The van der Waals surface area contributed by atoms with Crippen LogP contribution in [0, 0.1) is 0 Å². The first kappa shape index (κ1) is 12.0. The molecule has 0 radical (unpaired) electrons. The number of ether oxygens (including phenoxy) is 1. The van der Waals surface area contributed by atoms with Gasteiger partial charge < -0.3 is 10.1 Å². The molecule has 1 aromatic heterocycles. The molecular weight excluding hydrogens is 230 g/mol. The monoisotopic (exact) mass is 243 g/mol. The lowest BCUT2D eigenvalue weighted by molar-refractivity contribution is -0.129. The first-order valence-corrected chi connectivity index (χ1v) is 5.52. The highest BCUT2D eigenvalue weighted by Gasteiger charge is 2.12. The molecule has 92 valence electrons. The Balaban J connectivity index is 2.13. The number of benzene rings is 1. The second kappa shape index (κ2) is 6.34. The Bertz CT molecular complexity index is 476. The highest BCUT2D eigenvalue weighted by molar-refractivity contribution is 5.45. The van der Waals surface area contributed by atoms with E-state index in [-0.39, 0.29) is 12.6 Å². The topological polar surface area (TPSA) is 64.1 Å². The number of nitrogens with zero attached hydrogens (tertiary/aromatic N) is 2. The molecule has 2 rings (SSSR count). The maximum Gasteiger partial charge on any atom is 0.293 e. The molecule has 1 unspecified atom stereocenters. The Kier molecular flexibility index (Phi) is 4.24. The molecule has 1 atom stereocenters. The van der Waals surface area contributed by atoms with Gasteiger partial charge in [0.15, 0.2) is 0 Å². The molecule has 1 aromatic carbocycles. The van der Waals surface area contributed by atoms with Crippen LogP contribution in [0.15, 0.2) is 49.1 Å². The first-order chi connectivity index (χ1) is 8.90. The Hall–Kier alpha value is -2.43. The van der Waals surface area contributed by atoms with Crippen LogP contribution in [0.4, 0.5) is 5.69 Å². The van der Waals surface area contributed by atoms with Crippen LogP contribution in [0.3, 0.4) is 0 Å². The van der Waals surface area contributed by atoms with Crippen LogP contribution in [-0.4, -0.2) is 23.0 Å². The number of nitrogens with one attached hydrogen (secondary N) is 1. The van der Waals surface area contributed by atoms with E-state index in [9.17, 15) is 4.79 Å². The summed E-state index contributed by atoms with van der Waals surface area (Å²) < 4.78 is 4.82. The lowest BCUT2D eigenvalue weighted by Gasteiger charge is -2.18. The van der Waals surface area contributed by atoms with Gasteiger partial charge in [0.2, 0.25) is 0 Å². The standard InChI is InChI=1S/C13H13N3O2/c17-10-18-8-13(11-6-14-9-15-7-11)16-12-4-2-1-3-5-12/h1-7,9-10,13,16H,8H2. The third-order valence-electron chi connectivity index (χ3n) is 2.43. The van der Waals surface area contributed by atoms with Gasteiger partial charge in [0.25, 0.3) is 6.47 Å². The number of rotatable bonds is 6. The largest absolute Gasteiger partial charge is 0.465 e. The number of para-hydroxylation sites is 1. The normalized spacial score (nSPS) is 11.6. The van der Waals surface area contributed by atoms with E-state index in [1.54, 1.807) is 12.4 Å². The van der Waals surface area contributed by atoms with E-state index in [0.29, 0.717) is 6.47 Å². The summed E-state index contributed by atoms with van der Waals surface area (Å²) in [4.78, 5) is 18.2. The molecule has 18 heavy (non-hydrogen) atoms. The highest BCUT2D eigenvalue weighted by Crippen LogP contribution is 2.18. The maximum atomic E-state index is 10.3. The van der Waals surface area contributed by atoms with Gasteiger partial charge in [0, 0.05) is 23.6 Å². The van der Waals surface area contributed by atoms with E-state index >= 15 is 0 Å².